The molecule has 0 unspecified atom stereocenters. The summed E-state index contributed by atoms with van der Waals surface area (Å²) in [7, 11) is 0. The number of amides is 1. The summed E-state index contributed by atoms with van der Waals surface area (Å²) in [5.74, 6) is 2.51. The molecule has 0 saturated heterocycles. The van der Waals surface area contributed by atoms with Gasteiger partial charge < -0.3 is 20.5 Å². The van der Waals surface area contributed by atoms with E-state index < -0.39 is 0 Å². The average molecular weight is 242 g/mol. The van der Waals surface area contributed by atoms with Gasteiger partial charge >= 0.3 is 0 Å². The highest BCUT2D eigenvalue weighted by Gasteiger charge is 1.99. The zero-order valence-electron chi connectivity index (χ0n) is 10.2. The zero-order chi connectivity index (χ0) is 12.8. The number of unbranched alkanes of at least 4 members (excludes halogenated alkanes) is 1. The van der Waals surface area contributed by atoms with Gasteiger partial charge in [0.15, 0.2) is 0 Å². The Morgan fingerprint density at radius 3 is 2.59 bits per heavy atom. The summed E-state index contributed by atoms with van der Waals surface area (Å²) >= 11 is 0. The normalized spacial score (nSPS) is 9.88. The van der Waals surface area contributed by atoms with Gasteiger partial charge in [0.05, 0.1) is 26.4 Å². The van der Waals surface area contributed by atoms with Crippen LogP contribution < -0.4 is 11.1 Å². The molecule has 0 rings (SSSR count). The van der Waals surface area contributed by atoms with Gasteiger partial charge in [-0.05, 0) is 6.42 Å². The number of hydrogen-bond donors (Lipinski definition) is 2. The number of carbonyl (C=O) groups excluding carboxylic acids is 1. The fraction of sp³-hybridized carbons (Fsp3) is 0.750. The van der Waals surface area contributed by atoms with E-state index in [1.807, 2.05) is 0 Å². The third-order valence-corrected chi connectivity index (χ3v) is 1.93. The van der Waals surface area contributed by atoms with Crippen molar-refractivity contribution in [3.8, 4) is 12.3 Å². The van der Waals surface area contributed by atoms with Gasteiger partial charge in [-0.25, -0.2) is 0 Å². The molecular formula is C12H22N2O3. The van der Waals surface area contributed by atoms with Crippen LogP contribution in [-0.4, -0.2) is 45.4 Å². The molecule has 0 aromatic heterocycles. The van der Waals surface area contributed by atoms with E-state index in [4.69, 9.17) is 21.6 Å². The van der Waals surface area contributed by atoms with Gasteiger partial charge in [-0.2, -0.15) is 0 Å². The summed E-state index contributed by atoms with van der Waals surface area (Å²) in [6.45, 7) is 3.14. The lowest BCUT2D eigenvalue weighted by atomic mass is 10.2. The average Bonchev–Trinajstić information content (AvgIpc) is 2.33. The van der Waals surface area contributed by atoms with Crippen LogP contribution in [0.15, 0.2) is 0 Å². The molecule has 0 aromatic rings. The Morgan fingerprint density at radius 2 is 1.94 bits per heavy atom. The van der Waals surface area contributed by atoms with Crippen LogP contribution in [0.2, 0.25) is 0 Å². The van der Waals surface area contributed by atoms with Crippen molar-refractivity contribution in [3.05, 3.63) is 0 Å². The minimum atomic E-state index is 0.0169. The number of nitrogens with one attached hydrogen (secondary N) is 1. The van der Waals surface area contributed by atoms with Crippen LogP contribution >= 0.6 is 0 Å². The lowest BCUT2D eigenvalue weighted by Gasteiger charge is -2.06. The summed E-state index contributed by atoms with van der Waals surface area (Å²) in [6.07, 6.45) is 6.93. The number of hydrogen-bond acceptors (Lipinski definition) is 4. The molecule has 5 nitrogen and oxygen atoms in total. The Kier molecular flexibility index (Phi) is 12.1. The topological polar surface area (TPSA) is 73.6 Å². The van der Waals surface area contributed by atoms with Gasteiger partial charge in [-0.15, -0.1) is 12.3 Å². The van der Waals surface area contributed by atoms with Crippen molar-refractivity contribution in [2.24, 2.45) is 5.73 Å². The van der Waals surface area contributed by atoms with Crippen LogP contribution in [0.1, 0.15) is 19.3 Å². The molecule has 0 fully saturated rings. The molecule has 0 bridgehead atoms. The summed E-state index contributed by atoms with van der Waals surface area (Å²) in [5, 5.41) is 2.75. The smallest absolute Gasteiger partial charge is 0.220 e. The fourth-order valence-electron chi connectivity index (χ4n) is 1.11. The van der Waals surface area contributed by atoms with E-state index in [1.54, 1.807) is 0 Å². The first-order chi connectivity index (χ1) is 8.31. The molecule has 1 amide bonds. The standard InChI is InChI=1S/C12H22N2O3/c1-2-3-4-5-12(15)14-7-9-17-11-10-16-8-6-13/h1H,3-11,13H2,(H,14,15). The van der Waals surface area contributed by atoms with E-state index in [9.17, 15) is 4.79 Å². The molecule has 0 aliphatic heterocycles. The quantitative estimate of drug-likeness (QED) is 0.392. The monoisotopic (exact) mass is 242 g/mol. The van der Waals surface area contributed by atoms with E-state index in [1.165, 1.54) is 0 Å². The summed E-state index contributed by atoms with van der Waals surface area (Å²) in [6, 6.07) is 0. The molecule has 3 N–H and O–H groups in total. The number of nitrogens with two attached hydrogens (primary N) is 1. The van der Waals surface area contributed by atoms with Gasteiger partial charge in [0.2, 0.25) is 5.91 Å². The van der Waals surface area contributed by atoms with E-state index in [0.717, 1.165) is 6.42 Å². The predicted molar refractivity (Wildman–Crippen MR) is 66.4 cm³/mol. The maximum absolute atomic E-state index is 11.2. The molecule has 0 saturated carbocycles. The lowest BCUT2D eigenvalue weighted by Crippen LogP contribution is -2.27. The summed E-state index contributed by atoms with van der Waals surface area (Å²) < 4.78 is 10.4. The Hall–Kier alpha value is -1.09. The van der Waals surface area contributed by atoms with Crippen molar-refractivity contribution in [3.63, 3.8) is 0 Å². The summed E-state index contributed by atoms with van der Waals surface area (Å²) in [5.41, 5.74) is 5.25. The Bertz CT molecular complexity index is 226. The number of ether oxygens (including phenoxy) is 2. The van der Waals surface area contributed by atoms with Gasteiger partial charge in [0.25, 0.3) is 0 Å². The molecule has 0 aliphatic carbocycles. The fourth-order valence-corrected chi connectivity index (χ4v) is 1.11. The van der Waals surface area contributed by atoms with Gasteiger partial charge in [0, 0.05) is 25.9 Å². The molecule has 98 valence electrons. The first-order valence-electron chi connectivity index (χ1n) is 5.87. The highest BCUT2D eigenvalue weighted by Crippen LogP contribution is 1.92. The molecule has 0 aromatic carbocycles. The SMILES string of the molecule is C#CCCCC(=O)NCCOCCOCCN. The molecule has 0 aliphatic rings. The first-order valence-corrected chi connectivity index (χ1v) is 5.87. The molecule has 17 heavy (non-hydrogen) atoms. The second-order valence-corrected chi connectivity index (χ2v) is 3.42. The molecule has 0 spiro atoms. The van der Waals surface area contributed by atoms with Crippen molar-refractivity contribution in [1.82, 2.24) is 5.32 Å². The molecule has 5 heteroatoms. The Morgan fingerprint density at radius 1 is 1.24 bits per heavy atom. The van der Waals surface area contributed by atoms with Crippen LogP contribution in [0.3, 0.4) is 0 Å². The number of carbonyl (C=O) groups is 1. The first kappa shape index (κ1) is 15.9. The third-order valence-electron chi connectivity index (χ3n) is 1.93. The van der Waals surface area contributed by atoms with Gasteiger partial charge in [-0.3, -0.25) is 4.79 Å². The zero-order valence-corrected chi connectivity index (χ0v) is 10.2. The van der Waals surface area contributed by atoms with Crippen LogP contribution in [-0.2, 0) is 14.3 Å². The Labute approximate surface area is 103 Å². The predicted octanol–water partition coefficient (Wildman–Crippen LogP) is -0.102. The van der Waals surface area contributed by atoms with Crippen LogP contribution in [0.5, 0.6) is 0 Å². The molecule has 0 heterocycles. The second kappa shape index (κ2) is 13.0. The minimum Gasteiger partial charge on any atom is -0.378 e. The van der Waals surface area contributed by atoms with Crippen molar-refractivity contribution in [1.29, 1.82) is 0 Å². The third kappa shape index (κ3) is 12.8. The lowest BCUT2D eigenvalue weighted by molar-refractivity contribution is -0.121. The maximum Gasteiger partial charge on any atom is 0.220 e. The highest BCUT2D eigenvalue weighted by atomic mass is 16.5. The number of rotatable bonds is 11. The van der Waals surface area contributed by atoms with E-state index in [0.29, 0.717) is 52.4 Å². The van der Waals surface area contributed by atoms with Crippen molar-refractivity contribution in [2.75, 3.05) is 39.5 Å². The summed E-state index contributed by atoms with van der Waals surface area (Å²) in [4.78, 5) is 11.2. The second-order valence-electron chi connectivity index (χ2n) is 3.42. The van der Waals surface area contributed by atoms with E-state index in [-0.39, 0.29) is 5.91 Å². The molecule has 0 atom stereocenters. The highest BCUT2D eigenvalue weighted by molar-refractivity contribution is 5.75. The largest absolute Gasteiger partial charge is 0.378 e. The van der Waals surface area contributed by atoms with Crippen LogP contribution in [0, 0.1) is 12.3 Å². The number of terminal acetylenes is 1. The molecule has 0 radical (unpaired) electrons. The van der Waals surface area contributed by atoms with Crippen molar-refractivity contribution in [2.45, 2.75) is 19.3 Å². The van der Waals surface area contributed by atoms with Crippen molar-refractivity contribution >= 4 is 5.91 Å². The van der Waals surface area contributed by atoms with Crippen LogP contribution in [0.4, 0.5) is 0 Å². The molecular weight excluding hydrogens is 220 g/mol. The van der Waals surface area contributed by atoms with Gasteiger partial charge in [-0.1, -0.05) is 0 Å². The van der Waals surface area contributed by atoms with E-state index >= 15 is 0 Å². The van der Waals surface area contributed by atoms with Crippen molar-refractivity contribution < 1.29 is 14.3 Å². The van der Waals surface area contributed by atoms with E-state index in [2.05, 4.69) is 11.2 Å². The Balaban J connectivity index is 3.11. The van der Waals surface area contributed by atoms with Gasteiger partial charge in [0.1, 0.15) is 0 Å². The van der Waals surface area contributed by atoms with Crippen LogP contribution in [0.25, 0.3) is 0 Å². The minimum absolute atomic E-state index is 0.0169. The maximum atomic E-state index is 11.2.